The molecule has 2 aromatic rings. The van der Waals surface area contributed by atoms with E-state index in [1.807, 2.05) is 12.1 Å². The first kappa shape index (κ1) is 20.8. The lowest BCUT2D eigenvalue weighted by Crippen LogP contribution is -3.00. The molecule has 1 saturated heterocycles. The molecule has 1 unspecified atom stereocenters. The van der Waals surface area contributed by atoms with Gasteiger partial charge in [-0.15, -0.1) is 0 Å². The maximum absolute atomic E-state index is 12.7. The fraction of sp³-hybridized carbons (Fsp3) is 0.444. The van der Waals surface area contributed by atoms with E-state index in [1.165, 1.54) is 13.5 Å². The van der Waals surface area contributed by atoms with Gasteiger partial charge in [-0.3, -0.25) is 4.90 Å². The van der Waals surface area contributed by atoms with Crippen molar-refractivity contribution in [3.8, 4) is 5.75 Å². The van der Waals surface area contributed by atoms with Crippen molar-refractivity contribution >= 4 is 10.0 Å². The van der Waals surface area contributed by atoms with Crippen LogP contribution in [0, 0.1) is 0 Å². The summed E-state index contributed by atoms with van der Waals surface area (Å²) >= 11 is 0. The molecule has 3 rings (SSSR count). The van der Waals surface area contributed by atoms with Crippen molar-refractivity contribution in [2.45, 2.75) is 30.2 Å². The van der Waals surface area contributed by atoms with Crippen molar-refractivity contribution < 1.29 is 30.0 Å². The number of halogens is 1. The van der Waals surface area contributed by atoms with E-state index in [-0.39, 0.29) is 29.9 Å². The van der Waals surface area contributed by atoms with E-state index >= 15 is 0 Å². The molecule has 1 fully saturated rings. The van der Waals surface area contributed by atoms with Crippen molar-refractivity contribution in [1.29, 1.82) is 0 Å². The molecule has 1 N–H and O–H groups in total. The van der Waals surface area contributed by atoms with Gasteiger partial charge in [0, 0.05) is 6.54 Å². The van der Waals surface area contributed by atoms with Crippen LogP contribution in [0.15, 0.2) is 52.0 Å². The van der Waals surface area contributed by atoms with Crippen LogP contribution >= 0.6 is 0 Å². The number of furan rings is 1. The van der Waals surface area contributed by atoms with Crippen LogP contribution in [0.25, 0.3) is 0 Å². The molecule has 8 heteroatoms. The van der Waals surface area contributed by atoms with Gasteiger partial charge in [0.15, 0.2) is 0 Å². The number of benzene rings is 1. The summed E-state index contributed by atoms with van der Waals surface area (Å²) < 4.78 is 38.9. The summed E-state index contributed by atoms with van der Waals surface area (Å²) in [6.07, 6.45) is 5.09. The van der Waals surface area contributed by atoms with Crippen LogP contribution in [-0.2, 0) is 10.0 Å². The summed E-state index contributed by atoms with van der Waals surface area (Å²) in [6.45, 7) is 2.15. The SMILES string of the molecule is COc1ccccc1S(=O)(=O)NCC(c1ccco1)N1CCCCC1.[Cl-]. The molecular weight excluding hydrogens is 376 g/mol. The van der Waals surface area contributed by atoms with Gasteiger partial charge in [0.2, 0.25) is 10.0 Å². The standard InChI is InChI=1S/C18H24N2O4S.ClH/c1-23-17-8-3-4-10-18(17)25(21,22)19-14-15(16-9-7-13-24-16)20-11-5-2-6-12-20;/h3-4,7-10,13,15,19H,2,5-6,11-12,14H2,1H3;1H/p-1. The van der Waals surface area contributed by atoms with Crippen LogP contribution in [-0.4, -0.2) is 40.1 Å². The molecule has 2 heterocycles. The molecule has 1 atom stereocenters. The van der Waals surface area contributed by atoms with Crippen molar-refractivity contribution in [1.82, 2.24) is 9.62 Å². The molecule has 6 nitrogen and oxygen atoms in total. The van der Waals surface area contributed by atoms with E-state index in [0.29, 0.717) is 5.75 Å². The number of piperidine rings is 1. The predicted molar refractivity (Wildman–Crippen MR) is 95.1 cm³/mol. The summed E-state index contributed by atoms with van der Waals surface area (Å²) in [5.41, 5.74) is 0. The van der Waals surface area contributed by atoms with E-state index < -0.39 is 10.0 Å². The number of nitrogens with one attached hydrogen (secondary N) is 1. The topological polar surface area (TPSA) is 71.8 Å². The zero-order chi connectivity index (χ0) is 17.7. The van der Waals surface area contributed by atoms with Gasteiger partial charge in [-0.2, -0.15) is 0 Å². The lowest BCUT2D eigenvalue weighted by atomic mass is 10.1. The second-order valence-electron chi connectivity index (χ2n) is 6.13. The number of para-hydroxylation sites is 1. The molecule has 0 spiro atoms. The third-order valence-electron chi connectivity index (χ3n) is 4.53. The van der Waals surface area contributed by atoms with Crippen LogP contribution in [0.3, 0.4) is 0 Å². The van der Waals surface area contributed by atoms with E-state index in [4.69, 9.17) is 9.15 Å². The molecule has 144 valence electrons. The fourth-order valence-electron chi connectivity index (χ4n) is 3.23. The number of methoxy groups -OCH3 is 1. The van der Waals surface area contributed by atoms with Gasteiger partial charge < -0.3 is 21.6 Å². The number of hydrogen-bond acceptors (Lipinski definition) is 5. The van der Waals surface area contributed by atoms with Crippen LogP contribution in [0.5, 0.6) is 5.75 Å². The maximum atomic E-state index is 12.7. The van der Waals surface area contributed by atoms with Crippen molar-refractivity contribution in [3.63, 3.8) is 0 Å². The average molecular weight is 400 g/mol. The second kappa shape index (κ2) is 9.41. The molecule has 1 aromatic heterocycles. The smallest absolute Gasteiger partial charge is 0.244 e. The third kappa shape index (κ3) is 4.79. The molecule has 1 aliphatic rings. The summed E-state index contributed by atoms with van der Waals surface area (Å²) in [5.74, 6) is 1.12. The number of sulfonamides is 1. The van der Waals surface area contributed by atoms with Gasteiger partial charge >= 0.3 is 0 Å². The molecule has 0 aliphatic carbocycles. The minimum absolute atomic E-state index is 0. The van der Waals surface area contributed by atoms with Crippen LogP contribution in [0.2, 0.25) is 0 Å². The third-order valence-corrected chi connectivity index (χ3v) is 5.99. The zero-order valence-corrected chi connectivity index (χ0v) is 16.3. The second-order valence-corrected chi connectivity index (χ2v) is 7.87. The normalized spacial score (nSPS) is 16.7. The van der Waals surface area contributed by atoms with E-state index in [1.54, 1.807) is 30.5 Å². The van der Waals surface area contributed by atoms with Gasteiger partial charge in [0.05, 0.1) is 19.4 Å². The molecule has 0 radical (unpaired) electrons. The Kier molecular flexibility index (Phi) is 7.52. The molecule has 0 bridgehead atoms. The Balaban J connectivity index is 0.00000243. The van der Waals surface area contributed by atoms with Gasteiger partial charge in [-0.1, -0.05) is 18.6 Å². The summed E-state index contributed by atoms with van der Waals surface area (Å²) in [6, 6.07) is 10.2. The lowest BCUT2D eigenvalue weighted by Gasteiger charge is -2.33. The number of nitrogens with zero attached hydrogens (tertiary/aromatic N) is 1. The first-order valence-corrected chi connectivity index (χ1v) is 10.0. The quantitative estimate of drug-likeness (QED) is 0.698. The highest BCUT2D eigenvalue weighted by Crippen LogP contribution is 2.26. The minimum Gasteiger partial charge on any atom is -1.00 e. The summed E-state index contributed by atoms with van der Waals surface area (Å²) in [7, 11) is -2.21. The van der Waals surface area contributed by atoms with Gasteiger partial charge in [-0.25, -0.2) is 13.1 Å². The molecule has 1 aromatic carbocycles. The average Bonchev–Trinajstić information content (AvgIpc) is 3.17. The van der Waals surface area contributed by atoms with E-state index in [9.17, 15) is 8.42 Å². The van der Waals surface area contributed by atoms with Gasteiger partial charge in [0.1, 0.15) is 16.4 Å². The molecule has 26 heavy (non-hydrogen) atoms. The molecule has 1 aliphatic heterocycles. The largest absolute Gasteiger partial charge is 1.00 e. The Morgan fingerprint density at radius 2 is 1.88 bits per heavy atom. The van der Waals surface area contributed by atoms with Crippen LogP contribution in [0.4, 0.5) is 0 Å². The molecule has 0 amide bonds. The number of rotatable bonds is 7. The Hall–Kier alpha value is -1.54. The van der Waals surface area contributed by atoms with E-state index in [0.717, 1.165) is 31.7 Å². The highest BCUT2D eigenvalue weighted by Gasteiger charge is 2.27. The first-order valence-electron chi connectivity index (χ1n) is 8.52. The summed E-state index contributed by atoms with van der Waals surface area (Å²) in [4.78, 5) is 2.43. The number of ether oxygens (including phenoxy) is 1. The Labute approximate surface area is 161 Å². The van der Waals surface area contributed by atoms with Crippen molar-refractivity contribution in [2.24, 2.45) is 0 Å². The van der Waals surface area contributed by atoms with E-state index in [2.05, 4.69) is 9.62 Å². The number of likely N-dealkylation sites (tertiary alicyclic amines) is 1. The maximum Gasteiger partial charge on any atom is 0.244 e. The monoisotopic (exact) mass is 399 g/mol. The van der Waals surface area contributed by atoms with Crippen molar-refractivity contribution in [3.05, 3.63) is 48.4 Å². The first-order chi connectivity index (χ1) is 12.1. The fourth-order valence-corrected chi connectivity index (χ4v) is 4.43. The van der Waals surface area contributed by atoms with Gasteiger partial charge in [0.25, 0.3) is 0 Å². The number of hydrogen-bond donors (Lipinski definition) is 1. The zero-order valence-electron chi connectivity index (χ0n) is 14.7. The minimum atomic E-state index is -3.67. The molecular formula is C18H24ClN2O4S-. The van der Waals surface area contributed by atoms with Crippen LogP contribution in [0.1, 0.15) is 31.1 Å². The predicted octanol–water partition coefficient (Wildman–Crippen LogP) is -0.202. The Bertz CT molecular complexity index is 774. The van der Waals surface area contributed by atoms with Crippen LogP contribution < -0.4 is 21.9 Å². The van der Waals surface area contributed by atoms with Gasteiger partial charge in [-0.05, 0) is 50.2 Å². The van der Waals surface area contributed by atoms with Crippen molar-refractivity contribution in [2.75, 3.05) is 26.7 Å². The Morgan fingerprint density at radius 3 is 2.54 bits per heavy atom. The summed E-state index contributed by atoms with van der Waals surface area (Å²) in [5, 5.41) is 0. The lowest BCUT2D eigenvalue weighted by molar-refractivity contribution is -0.00000858. The highest BCUT2D eigenvalue weighted by molar-refractivity contribution is 7.89. The Morgan fingerprint density at radius 1 is 1.15 bits per heavy atom. The highest BCUT2D eigenvalue weighted by atomic mass is 35.5. The molecule has 0 saturated carbocycles.